The molecule has 2 fully saturated rings. The Morgan fingerprint density at radius 3 is 2.48 bits per heavy atom. The predicted octanol–water partition coefficient (Wildman–Crippen LogP) is 1.47. The summed E-state index contributed by atoms with van der Waals surface area (Å²) < 4.78 is 1.27. The number of carbonyl (C=O) groups excluding carboxylic acids is 1. The van der Waals surface area contributed by atoms with Crippen molar-refractivity contribution in [3.8, 4) is 0 Å². The average molecular weight is 367 g/mol. The van der Waals surface area contributed by atoms with Crippen molar-refractivity contribution in [2.24, 2.45) is 17.8 Å². The molecular formula is C20H21N3O4. The zero-order valence-corrected chi connectivity index (χ0v) is 14.8. The molecule has 1 aliphatic heterocycles. The van der Waals surface area contributed by atoms with Crippen LogP contribution in [0.15, 0.2) is 47.3 Å². The standard InChI is InChI=1S/C20H21N3O4/c24-18-9-8-17(21-23(18)10-13-4-2-1-3-5-13)19(25)22-11-15(14-6-7-14)16(12-22)20(26)27/h1-5,8-9,14-16H,6-7,10-12H2,(H,26,27)/t15-,16+/m1/s1. The van der Waals surface area contributed by atoms with Crippen LogP contribution in [0.25, 0.3) is 0 Å². The zero-order valence-electron chi connectivity index (χ0n) is 14.8. The first-order chi connectivity index (χ1) is 13.0. The summed E-state index contributed by atoms with van der Waals surface area (Å²) in [6.45, 7) is 0.929. The van der Waals surface area contributed by atoms with Gasteiger partial charge in [0.2, 0.25) is 0 Å². The molecule has 0 unspecified atom stereocenters. The highest BCUT2D eigenvalue weighted by atomic mass is 16.4. The topological polar surface area (TPSA) is 92.5 Å². The van der Waals surface area contributed by atoms with Crippen LogP contribution in [0.5, 0.6) is 0 Å². The van der Waals surface area contributed by atoms with E-state index in [1.807, 2.05) is 30.3 Å². The lowest BCUT2D eigenvalue weighted by molar-refractivity contribution is -0.142. The number of rotatable bonds is 5. The second kappa shape index (κ2) is 6.98. The summed E-state index contributed by atoms with van der Waals surface area (Å²) in [5.41, 5.74) is 0.805. The number of likely N-dealkylation sites (tertiary alicyclic amines) is 1. The maximum Gasteiger partial charge on any atom is 0.308 e. The molecule has 1 N–H and O–H groups in total. The van der Waals surface area contributed by atoms with Gasteiger partial charge in [0.25, 0.3) is 11.5 Å². The molecule has 1 saturated carbocycles. The van der Waals surface area contributed by atoms with Crippen LogP contribution in [-0.2, 0) is 11.3 Å². The molecule has 0 bridgehead atoms. The summed E-state index contributed by atoms with van der Waals surface area (Å²) in [4.78, 5) is 38.1. The van der Waals surface area contributed by atoms with Crippen LogP contribution in [-0.4, -0.2) is 44.8 Å². The molecule has 2 atom stereocenters. The van der Waals surface area contributed by atoms with Crippen LogP contribution in [0.2, 0.25) is 0 Å². The Labute approximate surface area is 156 Å². The van der Waals surface area contributed by atoms with Crippen molar-refractivity contribution in [2.75, 3.05) is 13.1 Å². The number of aromatic nitrogens is 2. The fourth-order valence-corrected chi connectivity index (χ4v) is 3.85. The van der Waals surface area contributed by atoms with E-state index in [1.165, 1.54) is 16.8 Å². The number of aliphatic carboxylic acids is 1. The maximum atomic E-state index is 12.9. The summed E-state index contributed by atoms with van der Waals surface area (Å²) in [6, 6.07) is 12.2. The Kier molecular flexibility index (Phi) is 4.51. The van der Waals surface area contributed by atoms with Crippen molar-refractivity contribution >= 4 is 11.9 Å². The third-order valence-corrected chi connectivity index (χ3v) is 5.46. The van der Waals surface area contributed by atoms with Crippen molar-refractivity contribution in [3.05, 3.63) is 64.1 Å². The van der Waals surface area contributed by atoms with Crippen molar-refractivity contribution < 1.29 is 14.7 Å². The molecule has 1 aromatic heterocycles. The highest BCUT2D eigenvalue weighted by Crippen LogP contribution is 2.44. The predicted molar refractivity (Wildman–Crippen MR) is 97.3 cm³/mol. The van der Waals surface area contributed by atoms with Gasteiger partial charge >= 0.3 is 5.97 Å². The third-order valence-electron chi connectivity index (χ3n) is 5.46. The lowest BCUT2D eigenvalue weighted by Gasteiger charge is -2.16. The number of hydrogen-bond donors (Lipinski definition) is 1. The van der Waals surface area contributed by atoms with Gasteiger partial charge in [0.15, 0.2) is 0 Å². The summed E-state index contributed by atoms with van der Waals surface area (Å²) in [5, 5.41) is 13.7. The molecule has 7 heteroatoms. The Bertz CT molecular complexity index is 920. The van der Waals surface area contributed by atoms with Gasteiger partial charge in [-0.1, -0.05) is 30.3 Å². The fourth-order valence-electron chi connectivity index (χ4n) is 3.85. The van der Waals surface area contributed by atoms with Crippen LogP contribution in [0.1, 0.15) is 28.9 Å². The number of amides is 1. The summed E-state index contributed by atoms with van der Waals surface area (Å²) in [7, 11) is 0. The minimum Gasteiger partial charge on any atom is -0.481 e. The lowest BCUT2D eigenvalue weighted by Crippen LogP contribution is -2.33. The molecule has 1 saturated heterocycles. The normalized spacial score (nSPS) is 22.0. The number of nitrogens with zero attached hydrogens (tertiary/aromatic N) is 3. The van der Waals surface area contributed by atoms with Crippen molar-refractivity contribution in [2.45, 2.75) is 19.4 Å². The minimum atomic E-state index is -0.843. The zero-order chi connectivity index (χ0) is 19.0. The number of carboxylic acids is 1. The molecule has 1 aromatic carbocycles. The lowest BCUT2D eigenvalue weighted by atomic mass is 9.92. The summed E-state index contributed by atoms with van der Waals surface area (Å²) >= 11 is 0. The van der Waals surface area contributed by atoms with Crippen LogP contribution in [0.4, 0.5) is 0 Å². The highest BCUT2D eigenvalue weighted by Gasteiger charge is 2.47. The van der Waals surface area contributed by atoms with E-state index in [-0.39, 0.29) is 36.2 Å². The minimum absolute atomic E-state index is 0.0154. The second-order valence-corrected chi connectivity index (χ2v) is 7.36. The van der Waals surface area contributed by atoms with Gasteiger partial charge in [0.1, 0.15) is 5.69 Å². The third kappa shape index (κ3) is 3.63. The van der Waals surface area contributed by atoms with Gasteiger partial charge in [0.05, 0.1) is 12.5 Å². The van der Waals surface area contributed by atoms with E-state index in [1.54, 1.807) is 4.90 Å². The van der Waals surface area contributed by atoms with Gasteiger partial charge in [-0.25, -0.2) is 4.68 Å². The SMILES string of the molecule is O=C(O)[C@H]1CN(C(=O)c2ccc(=O)n(Cc3ccccc3)n2)C[C@@H]1C1CC1. The Hall–Kier alpha value is -2.96. The van der Waals surface area contributed by atoms with Crippen molar-refractivity contribution in [3.63, 3.8) is 0 Å². The largest absolute Gasteiger partial charge is 0.481 e. The number of carboxylic acid groups (broad SMARTS) is 1. The quantitative estimate of drug-likeness (QED) is 0.864. The molecule has 140 valence electrons. The molecule has 2 aliphatic rings. The first kappa shape index (κ1) is 17.5. The van der Waals surface area contributed by atoms with Crippen LogP contribution < -0.4 is 5.56 Å². The van der Waals surface area contributed by atoms with E-state index in [0.717, 1.165) is 18.4 Å². The van der Waals surface area contributed by atoms with E-state index in [0.29, 0.717) is 12.5 Å². The van der Waals surface area contributed by atoms with E-state index < -0.39 is 11.9 Å². The highest BCUT2D eigenvalue weighted by molar-refractivity contribution is 5.92. The van der Waals surface area contributed by atoms with Gasteiger partial charge in [0, 0.05) is 19.2 Å². The Balaban J connectivity index is 1.54. The fraction of sp³-hybridized carbons (Fsp3) is 0.400. The van der Waals surface area contributed by atoms with Gasteiger partial charge in [-0.05, 0) is 36.3 Å². The summed E-state index contributed by atoms with van der Waals surface area (Å²) in [6.07, 6.45) is 2.08. The Morgan fingerprint density at radius 1 is 1.07 bits per heavy atom. The van der Waals surface area contributed by atoms with Crippen LogP contribution in [0, 0.1) is 17.8 Å². The molecule has 0 spiro atoms. The van der Waals surface area contributed by atoms with Gasteiger partial charge in [-0.15, -0.1) is 0 Å². The van der Waals surface area contributed by atoms with Gasteiger partial charge in [-0.2, -0.15) is 5.10 Å². The van der Waals surface area contributed by atoms with Crippen molar-refractivity contribution in [1.82, 2.24) is 14.7 Å². The first-order valence-corrected chi connectivity index (χ1v) is 9.17. The van der Waals surface area contributed by atoms with Gasteiger partial charge < -0.3 is 10.0 Å². The van der Waals surface area contributed by atoms with Crippen LogP contribution in [0.3, 0.4) is 0 Å². The van der Waals surface area contributed by atoms with E-state index in [9.17, 15) is 19.5 Å². The first-order valence-electron chi connectivity index (χ1n) is 9.17. The number of hydrogen-bond acceptors (Lipinski definition) is 4. The molecule has 4 rings (SSSR count). The number of carbonyl (C=O) groups is 2. The van der Waals surface area contributed by atoms with Crippen molar-refractivity contribution in [1.29, 1.82) is 0 Å². The van der Waals surface area contributed by atoms with E-state index in [2.05, 4.69) is 5.10 Å². The van der Waals surface area contributed by atoms with E-state index in [4.69, 9.17) is 0 Å². The summed E-state index contributed by atoms with van der Waals surface area (Å²) in [5.74, 6) is -1.25. The maximum absolute atomic E-state index is 12.9. The Morgan fingerprint density at radius 2 is 1.81 bits per heavy atom. The molecule has 27 heavy (non-hydrogen) atoms. The molecular weight excluding hydrogens is 346 g/mol. The molecule has 1 aliphatic carbocycles. The molecule has 7 nitrogen and oxygen atoms in total. The average Bonchev–Trinajstić information content (AvgIpc) is 3.41. The van der Waals surface area contributed by atoms with E-state index >= 15 is 0 Å². The molecule has 2 aromatic rings. The van der Waals surface area contributed by atoms with Crippen LogP contribution >= 0.6 is 0 Å². The monoisotopic (exact) mass is 367 g/mol. The number of benzene rings is 1. The molecule has 1 amide bonds. The van der Waals surface area contributed by atoms with Gasteiger partial charge in [-0.3, -0.25) is 14.4 Å². The molecule has 2 heterocycles. The second-order valence-electron chi connectivity index (χ2n) is 7.36. The molecule has 0 radical (unpaired) electrons. The smallest absolute Gasteiger partial charge is 0.308 e.